The van der Waals surface area contributed by atoms with Crippen molar-refractivity contribution in [1.82, 2.24) is 15.0 Å². The van der Waals surface area contributed by atoms with Crippen molar-refractivity contribution in [3.63, 3.8) is 0 Å². The highest BCUT2D eigenvalue weighted by Crippen LogP contribution is 2.04. The molecule has 0 fully saturated rings. The SMILES string of the molecule is O/N=C(\C(=N\O)c1ccccn1)c1cnccn1. The van der Waals surface area contributed by atoms with E-state index in [0.717, 1.165) is 0 Å². The lowest BCUT2D eigenvalue weighted by Gasteiger charge is -2.04. The third kappa shape index (κ3) is 2.29. The first-order chi connectivity index (χ1) is 8.86. The molecule has 2 aromatic heterocycles. The van der Waals surface area contributed by atoms with Crippen LogP contribution in [0.2, 0.25) is 0 Å². The fourth-order valence-corrected chi connectivity index (χ4v) is 1.36. The van der Waals surface area contributed by atoms with E-state index in [1.165, 1.54) is 24.8 Å². The zero-order valence-corrected chi connectivity index (χ0v) is 9.17. The number of pyridine rings is 1. The first-order valence-corrected chi connectivity index (χ1v) is 4.99. The first kappa shape index (κ1) is 11.6. The lowest BCUT2D eigenvalue weighted by atomic mass is 10.1. The average Bonchev–Trinajstić information content (AvgIpc) is 2.46. The van der Waals surface area contributed by atoms with Gasteiger partial charge in [-0.15, -0.1) is 0 Å². The Kier molecular flexibility index (Phi) is 3.55. The van der Waals surface area contributed by atoms with Crippen LogP contribution >= 0.6 is 0 Å². The number of nitrogens with zero attached hydrogens (tertiary/aromatic N) is 5. The summed E-state index contributed by atoms with van der Waals surface area (Å²) in [6.07, 6.45) is 5.85. The van der Waals surface area contributed by atoms with Crippen molar-refractivity contribution in [1.29, 1.82) is 0 Å². The zero-order chi connectivity index (χ0) is 12.8. The topological polar surface area (TPSA) is 104 Å². The Morgan fingerprint density at radius 3 is 2.17 bits per heavy atom. The molecule has 2 heterocycles. The molecule has 0 aliphatic carbocycles. The number of rotatable bonds is 3. The van der Waals surface area contributed by atoms with Crippen LogP contribution in [0.25, 0.3) is 0 Å². The Balaban J connectivity index is 2.45. The predicted molar refractivity (Wildman–Crippen MR) is 62.9 cm³/mol. The summed E-state index contributed by atoms with van der Waals surface area (Å²) in [5.41, 5.74) is 0.639. The van der Waals surface area contributed by atoms with Gasteiger partial charge in [0.2, 0.25) is 0 Å². The summed E-state index contributed by atoms with van der Waals surface area (Å²) < 4.78 is 0. The molecule has 0 atom stereocenters. The molecule has 0 unspecified atom stereocenters. The summed E-state index contributed by atoms with van der Waals surface area (Å²) in [5.74, 6) is 0. The van der Waals surface area contributed by atoms with Crippen molar-refractivity contribution in [2.75, 3.05) is 0 Å². The third-order valence-corrected chi connectivity index (χ3v) is 2.14. The van der Waals surface area contributed by atoms with Gasteiger partial charge in [0.25, 0.3) is 0 Å². The van der Waals surface area contributed by atoms with Crippen molar-refractivity contribution in [3.05, 3.63) is 54.4 Å². The minimum atomic E-state index is -0.00991. The Labute approximate surface area is 102 Å². The van der Waals surface area contributed by atoms with Gasteiger partial charge in [-0.1, -0.05) is 16.4 Å². The van der Waals surface area contributed by atoms with Gasteiger partial charge in [0.15, 0.2) is 11.4 Å². The van der Waals surface area contributed by atoms with E-state index in [-0.39, 0.29) is 17.1 Å². The molecule has 0 bridgehead atoms. The minimum Gasteiger partial charge on any atom is -0.410 e. The summed E-state index contributed by atoms with van der Waals surface area (Å²) in [5, 5.41) is 24.3. The fourth-order valence-electron chi connectivity index (χ4n) is 1.36. The fraction of sp³-hybridized carbons (Fsp3) is 0. The van der Waals surface area contributed by atoms with Gasteiger partial charge in [-0.05, 0) is 12.1 Å². The van der Waals surface area contributed by atoms with Gasteiger partial charge >= 0.3 is 0 Å². The number of aromatic nitrogens is 3. The second-order valence-electron chi connectivity index (χ2n) is 3.20. The minimum absolute atomic E-state index is 0.00991. The van der Waals surface area contributed by atoms with E-state index >= 15 is 0 Å². The molecule has 0 aliphatic heterocycles. The zero-order valence-electron chi connectivity index (χ0n) is 9.17. The summed E-state index contributed by atoms with van der Waals surface area (Å²) in [6.45, 7) is 0. The second-order valence-corrected chi connectivity index (χ2v) is 3.20. The van der Waals surface area contributed by atoms with Crippen LogP contribution in [0.1, 0.15) is 11.4 Å². The third-order valence-electron chi connectivity index (χ3n) is 2.14. The number of hydrogen-bond donors (Lipinski definition) is 2. The Hall–Kier alpha value is -2.83. The Morgan fingerprint density at radius 2 is 1.61 bits per heavy atom. The van der Waals surface area contributed by atoms with Crippen LogP contribution in [0.15, 0.2) is 53.3 Å². The lowest BCUT2D eigenvalue weighted by Crippen LogP contribution is -2.20. The second kappa shape index (κ2) is 5.48. The highest BCUT2D eigenvalue weighted by atomic mass is 16.4. The molecule has 0 saturated carbocycles. The molecule has 0 amide bonds. The highest BCUT2D eigenvalue weighted by Gasteiger charge is 2.18. The first-order valence-electron chi connectivity index (χ1n) is 4.99. The maximum atomic E-state index is 9.05. The van der Waals surface area contributed by atoms with Gasteiger partial charge in [0.1, 0.15) is 5.69 Å². The van der Waals surface area contributed by atoms with Gasteiger partial charge in [0, 0.05) is 18.6 Å². The van der Waals surface area contributed by atoms with Crippen molar-refractivity contribution < 1.29 is 10.4 Å². The van der Waals surface area contributed by atoms with Crippen molar-refractivity contribution in [3.8, 4) is 0 Å². The van der Waals surface area contributed by atoms with Crippen molar-refractivity contribution >= 4 is 11.4 Å². The Morgan fingerprint density at radius 1 is 0.889 bits per heavy atom. The standard InChI is InChI=1S/C11H9N5O2/c17-15-10(8-3-1-2-4-13-8)11(16-18)9-7-12-5-6-14-9/h1-7,17-18H/b15-10+,16-11-. The number of hydrogen-bond acceptors (Lipinski definition) is 7. The molecule has 2 aromatic rings. The van der Waals surface area contributed by atoms with Gasteiger partial charge < -0.3 is 10.4 Å². The number of oxime groups is 2. The molecule has 7 nitrogen and oxygen atoms in total. The summed E-state index contributed by atoms with van der Waals surface area (Å²) in [7, 11) is 0. The molecule has 0 aromatic carbocycles. The van der Waals surface area contributed by atoms with Crippen molar-refractivity contribution in [2.45, 2.75) is 0 Å². The highest BCUT2D eigenvalue weighted by molar-refractivity contribution is 6.52. The summed E-state index contributed by atoms with van der Waals surface area (Å²) in [6, 6.07) is 5.06. The molecule has 0 radical (unpaired) electrons. The molecular weight excluding hydrogens is 234 g/mol. The van der Waals surface area contributed by atoms with Crippen LogP contribution in [0.3, 0.4) is 0 Å². The van der Waals surface area contributed by atoms with Crippen LogP contribution in [0.5, 0.6) is 0 Å². The van der Waals surface area contributed by atoms with E-state index in [2.05, 4.69) is 25.3 Å². The normalized spacial score (nSPS) is 12.4. The Bertz CT molecular complexity index is 515. The monoisotopic (exact) mass is 243 g/mol. The van der Waals surface area contributed by atoms with Gasteiger partial charge in [0.05, 0.1) is 11.9 Å². The summed E-state index contributed by atoms with van der Waals surface area (Å²) in [4.78, 5) is 11.8. The lowest BCUT2D eigenvalue weighted by molar-refractivity contribution is 0.314. The molecule has 7 heteroatoms. The van der Waals surface area contributed by atoms with E-state index in [0.29, 0.717) is 5.69 Å². The van der Waals surface area contributed by atoms with Gasteiger partial charge in [-0.25, -0.2) is 0 Å². The van der Waals surface area contributed by atoms with E-state index < -0.39 is 0 Å². The van der Waals surface area contributed by atoms with E-state index in [1.54, 1.807) is 18.2 Å². The maximum Gasteiger partial charge on any atom is 0.161 e. The average molecular weight is 243 g/mol. The maximum absolute atomic E-state index is 9.05. The van der Waals surface area contributed by atoms with E-state index in [4.69, 9.17) is 10.4 Å². The quantitative estimate of drug-likeness (QED) is 0.474. The molecule has 90 valence electrons. The molecular formula is C11H9N5O2. The summed E-state index contributed by atoms with van der Waals surface area (Å²) >= 11 is 0. The van der Waals surface area contributed by atoms with Crippen LogP contribution in [-0.2, 0) is 0 Å². The van der Waals surface area contributed by atoms with Gasteiger partial charge in [-0.2, -0.15) is 0 Å². The molecule has 0 spiro atoms. The molecule has 18 heavy (non-hydrogen) atoms. The van der Waals surface area contributed by atoms with Gasteiger partial charge in [-0.3, -0.25) is 15.0 Å². The van der Waals surface area contributed by atoms with E-state index in [1.807, 2.05) is 0 Å². The van der Waals surface area contributed by atoms with Crippen LogP contribution < -0.4 is 0 Å². The molecule has 0 aliphatic rings. The molecule has 2 N–H and O–H groups in total. The van der Waals surface area contributed by atoms with Crippen LogP contribution in [-0.4, -0.2) is 36.8 Å². The molecule has 2 rings (SSSR count). The predicted octanol–water partition coefficient (Wildman–Crippen LogP) is 0.928. The van der Waals surface area contributed by atoms with Crippen molar-refractivity contribution in [2.24, 2.45) is 10.3 Å². The largest absolute Gasteiger partial charge is 0.410 e. The van der Waals surface area contributed by atoms with E-state index in [9.17, 15) is 0 Å². The van der Waals surface area contributed by atoms with Crippen LogP contribution in [0, 0.1) is 0 Å². The smallest absolute Gasteiger partial charge is 0.161 e. The molecule has 0 saturated heterocycles. The van der Waals surface area contributed by atoms with Crippen LogP contribution in [0.4, 0.5) is 0 Å².